The van der Waals surface area contributed by atoms with Gasteiger partial charge in [-0.1, -0.05) is 6.92 Å². The van der Waals surface area contributed by atoms with Crippen molar-refractivity contribution >= 4 is 22.9 Å². The number of carbonyl (C=O) groups is 1. The van der Waals surface area contributed by atoms with Crippen molar-refractivity contribution in [1.29, 1.82) is 0 Å². The number of nitrogens with zero attached hydrogens (tertiary/aromatic N) is 5. The molecule has 0 spiro atoms. The van der Waals surface area contributed by atoms with Gasteiger partial charge in [0.1, 0.15) is 0 Å². The standard InChI is InChI=1S/C15H16N6OS/c1-2-11-9-23-15(18-11)21-8-10(6-17-21)14(22)20-5-3-4-12-13(20)7-16-19-12/h6-9H,2-5H2,1H3,(H,16,19). The molecule has 0 saturated carbocycles. The van der Waals surface area contributed by atoms with Crippen LogP contribution in [0.1, 0.15) is 35.1 Å². The minimum atomic E-state index is -0.0501. The molecule has 4 heterocycles. The lowest BCUT2D eigenvalue weighted by molar-refractivity contribution is 0.0985. The molecule has 0 aliphatic carbocycles. The number of hydrogen-bond acceptors (Lipinski definition) is 5. The van der Waals surface area contributed by atoms with Gasteiger partial charge in [0.25, 0.3) is 5.91 Å². The Kier molecular flexibility index (Phi) is 3.45. The zero-order valence-corrected chi connectivity index (χ0v) is 13.5. The SMILES string of the molecule is CCc1csc(-n2cc(C(=O)N3CCCc4[nH]ncc43)cn2)n1. The highest BCUT2D eigenvalue weighted by Gasteiger charge is 2.26. The Morgan fingerprint density at radius 2 is 2.35 bits per heavy atom. The Bertz CT molecular complexity index is 848. The highest BCUT2D eigenvalue weighted by Crippen LogP contribution is 2.26. The molecule has 0 fully saturated rings. The van der Waals surface area contributed by atoms with Gasteiger partial charge in [0.15, 0.2) is 0 Å². The number of anilines is 1. The average Bonchev–Trinajstić information content (AvgIpc) is 3.31. The van der Waals surface area contributed by atoms with Gasteiger partial charge in [-0.25, -0.2) is 9.67 Å². The number of carbonyl (C=O) groups excluding carboxylic acids is 1. The van der Waals surface area contributed by atoms with Gasteiger partial charge >= 0.3 is 0 Å². The molecule has 3 aromatic heterocycles. The predicted molar refractivity (Wildman–Crippen MR) is 87.2 cm³/mol. The fourth-order valence-corrected chi connectivity index (χ4v) is 3.56. The number of rotatable bonds is 3. The van der Waals surface area contributed by atoms with Crippen molar-refractivity contribution in [3.05, 3.63) is 40.9 Å². The van der Waals surface area contributed by atoms with Gasteiger partial charge < -0.3 is 4.90 Å². The maximum atomic E-state index is 12.8. The molecule has 1 amide bonds. The van der Waals surface area contributed by atoms with Crippen LogP contribution in [0.15, 0.2) is 24.0 Å². The largest absolute Gasteiger partial charge is 0.305 e. The van der Waals surface area contributed by atoms with E-state index in [1.807, 2.05) is 5.38 Å². The molecule has 0 radical (unpaired) electrons. The molecule has 0 unspecified atom stereocenters. The minimum absolute atomic E-state index is 0.0501. The van der Waals surface area contributed by atoms with Crippen molar-refractivity contribution in [3.63, 3.8) is 0 Å². The van der Waals surface area contributed by atoms with E-state index in [2.05, 4.69) is 27.2 Å². The van der Waals surface area contributed by atoms with E-state index in [0.717, 1.165) is 41.5 Å². The molecule has 0 bridgehead atoms. The number of aromatic amines is 1. The smallest absolute Gasteiger partial charge is 0.261 e. The zero-order chi connectivity index (χ0) is 15.8. The maximum absolute atomic E-state index is 12.8. The van der Waals surface area contributed by atoms with E-state index in [1.165, 1.54) is 11.3 Å². The lowest BCUT2D eigenvalue weighted by Gasteiger charge is -2.25. The van der Waals surface area contributed by atoms with E-state index in [0.29, 0.717) is 12.1 Å². The topological polar surface area (TPSA) is 79.7 Å². The van der Waals surface area contributed by atoms with E-state index >= 15 is 0 Å². The summed E-state index contributed by atoms with van der Waals surface area (Å²) in [5, 5.41) is 14.1. The first kappa shape index (κ1) is 14.1. The normalized spacial score (nSPS) is 14.0. The van der Waals surface area contributed by atoms with Crippen LogP contribution in [0.3, 0.4) is 0 Å². The minimum Gasteiger partial charge on any atom is -0.305 e. The van der Waals surface area contributed by atoms with Crippen LogP contribution < -0.4 is 4.90 Å². The van der Waals surface area contributed by atoms with Crippen LogP contribution in [0.4, 0.5) is 5.69 Å². The second kappa shape index (κ2) is 5.62. The first-order valence-corrected chi connectivity index (χ1v) is 8.47. The third-order valence-corrected chi connectivity index (χ3v) is 4.85. The Morgan fingerprint density at radius 1 is 1.43 bits per heavy atom. The second-order valence-corrected chi connectivity index (χ2v) is 6.28. The summed E-state index contributed by atoms with van der Waals surface area (Å²) in [6, 6.07) is 0. The lowest BCUT2D eigenvalue weighted by atomic mass is 10.1. The molecule has 4 rings (SSSR count). The molecular weight excluding hydrogens is 312 g/mol. The highest BCUT2D eigenvalue weighted by molar-refractivity contribution is 7.12. The van der Waals surface area contributed by atoms with Crippen molar-refractivity contribution in [1.82, 2.24) is 25.0 Å². The lowest BCUT2D eigenvalue weighted by Crippen LogP contribution is -2.34. The number of amides is 1. The number of thiazole rings is 1. The predicted octanol–water partition coefficient (Wildman–Crippen LogP) is 2.21. The molecule has 3 aromatic rings. The van der Waals surface area contributed by atoms with Crippen LogP contribution in [0.5, 0.6) is 0 Å². The number of fused-ring (bicyclic) bond motifs is 1. The summed E-state index contributed by atoms with van der Waals surface area (Å²) in [4.78, 5) is 19.0. The van der Waals surface area contributed by atoms with E-state index in [-0.39, 0.29) is 5.91 Å². The third kappa shape index (κ3) is 2.44. The van der Waals surface area contributed by atoms with Gasteiger partial charge in [-0.3, -0.25) is 9.89 Å². The summed E-state index contributed by atoms with van der Waals surface area (Å²) in [5.41, 5.74) is 3.49. The Labute approximate surface area is 137 Å². The molecule has 118 valence electrons. The summed E-state index contributed by atoms with van der Waals surface area (Å²) in [5.74, 6) is -0.0501. The summed E-state index contributed by atoms with van der Waals surface area (Å²) >= 11 is 1.53. The molecular formula is C15H16N6OS. The summed E-state index contributed by atoms with van der Waals surface area (Å²) in [7, 11) is 0. The van der Waals surface area contributed by atoms with Crippen molar-refractivity contribution in [3.8, 4) is 5.13 Å². The van der Waals surface area contributed by atoms with Crippen molar-refractivity contribution in [2.24, 2.45) is 0 Å². The van der Waals surface area contributed by atoms with Gasteiger partial charge in [0, 0.05) is 18.1 Å². The van der Waals surface area contributed by atoms with Crippen LogP contribution in [-0.4, -0.2) is 37.4 Å². The van der Waals surface area contributed by atoms with Gasteiger partial charge in [-0.2, -0.15) is 10.2 Å². The van der Waals surface area contributed by atoms with Gasteiger partial charge in [0.2, 0.25) is 5.13 Å². The Hall–Kier alpha value is -2.48. The van der Waals surface area contributed by atoms with Crippen LogP contribution in [-0.2, 0) is 12.8 Å². The molecule has 8 heteroatoms. The molecule has 0 atom stereocenters. The summed E-state index contributed by atoms with van der Waals surface area (Å²) in [6.07, 6.45) is 7.81. The number of H-pyrrole nitrogens is 1. The molecule has 1 aliphatic heterocycles. The highest BCUT2D eigenvalue weighted by atomic mass is 32.1. The van der Waals surface area contributed by atoms with Gasteiger partial charge in [-0.05, 0) is 19.3 Å². The Balaban J connectivity index is 1.61. The fraction of sp³-hybridized carbons (Fsp3) is 0.333. The first-order valence-electron chi connectivity index (χ1n) is 7.60. The van der Waals surface area contributed by atoms with E-state index in [4.69, 9.17) is 0 Å². The summed E-state index contributed by atoms with van der Waals surface area (Å²) < 4.78 is 1.66. The van der Waals surface area contributed by atoms with Crippen molar-refractivity contribution < 1.29 is 4.79 Å². The fourth-order valence-electron chi connectivity index (χ4n) is 2.73. The number of nitrogens with one attached hydrogen (secondary N) is 1. The molecule has 0 aromatic carbocycles. The van der Waals surface area contributed by atoms with Crippen LogP contribution in [0.25, 0.3) is 5.13 Å². The van der Waals surface area contributed by atoms with Crippen molar-refractivity contribution in [2.45, 2.75) is 26.2 Å². The number of aromatic nitrogens is 5. The van der Waals surface area contributed by atoms with Crippen LogP contribution >= 0.6 is 11.3 Å². The quantitative estimate of drug-likeness (QED) is 0.799. The second-order valence-electron chi connectivity index (χ2n) is 5.44. The monoisotopic (exact) mass is 328 g/mol. The average molecular weight is 328 g/mol. The molecule has 7 nitrogen and oxygen atoms in total. The molecule has 0 saturated heterocycles. The molecule has 1 N–H and O–H groups in total. The zero-order valence-electron chi connectivity index (χ0n) is 12.7. The maximum Gasteiger partial charge on any atom is 0.261 e. The molecule has 23 heavy (non-hydrogen) atoms. The number of aryl methyl sites for hydroxylation is 2. The van der Waals surface area contributed by atoms with Crippen molar-refractivity contribution in [2.75, 3.05) is 11.4 Å². The van der Waals surface area contributed by atoms with Crippen LogP contribution in [0, 0.1) is 0 Å². The summed E-state index contributed by atoms with van der Waals surface area (Å²) in [6.45, 7) is 2.77. The van der Waals surface area contributed by atoms with Crippen LogP contribution in [0.2, 0.25) is 0 Å². The van der Waals surface area contributed by atoms with Gasteiger partial charge in [0.05, 0.1) is 35.0 Å². The van der Waals surface area contributed by atoms with E-state index < -0.39 is 0 Å². The Morgan fingerprint density at radius 3 is 3.17 bits per heavy atom. The first-order chi connectivity index (χ1) is 11.3. The van der Waals surface area contributed by atoms with Gasteiger partial charge in [-0.15, -0.1) is 11.3 Å². The molecule has 1 aliphatic rings. The number of hydrogen-bond donors (Lipinski definition) is 1. The third-order valence-electron chi connectivity index (χ3n) is 3.97. The van der Waals surface area contributed by atoms with E-state index in [1.54, 1.807) is 28.2 Å². The van der Waals surface area contributed by atoms with E-state index in [9.17, 15) is 4.79 Å².